The number of anilines is 1. The SMILES string of the molecule is B=C1C(=O)Nc2ccc(C)nc21. The van der Waals surface area contributed by atoms with Gasteiger partial charge in [0.15, 0.2) is 0 Å². The van der Waals surface area contributed by atoms with E-state index in [1.165, 1.54) is 0 Å². The first kappa shape index (κ1) is 7.22. The summed E-state index contributed by atoms with van der Waals surface area (Å²) in [7, 11) is 3.64. The normalized spacial score (nSPS) is 14.3. The van der Waals surface area contributed by atoms with Gasteiger partial charge >= 0.3 is 70.1 Å². The van der Waals surface area contributed by atoms with Gasteiger partial charge in [-0.3, -0.25) is 0 Å². The quantitative estimate of drug-likeness (QED) is 0.529. The second-order valence-corrected chi connectivity index (χ2v) is 2.78. The average Bonchev–Trinajstić information content (AvgIpc) is 2.31. The molecule has 0 spiro atoms. The molecule has 0 aromatic carbocycles. The third-order valence-electron chi connectivity index (χ3n) is 1.84. The molecule has 0 atom stereocenters. The van der Waals surface area contributed by atoms with Gasteiger partial charge in [-0.1, -0.05) is 0 Å². The van der Waals surface area contributed by atoms with E-state index in [9.17, 15) is 4.79 Å². The van der Waals surface area contributed by atoms with Gasteiger partial charge in [0, 0.05) is 0 Å². The molecule has 4 heteroatoms. The fourth-order valence-corrected chi connectivity index (χ4v) is 1.19. The number of amides is 1. The van der Waals surface area contributed by atoms with Crippen LogP contribution in [0.4, 0.5) is 5.69 Å². The predicted molar refractivity (Wildman–Crippen MR) is 48.9 cm³/mol. The summed E-state index contributed by atoms with van der Waals surface area (Å²) in [5, 5.41) is 2.67. The van der Waals surface area contributed by atoms with E-state index in [0.29, 0.717) is 11.2 Å². The maximum atomic E-state index is 11.1. The molecule has 1 aromatic heterocycles. The molecule has 0 fully saturated rings. The van der Waals surface area contributed by atoms with Crippen molar-refractivity contribution in [2.75, 3.05) is 5.32 Å². The number of carbonyl (C=O) groups is 1. The zero-order valence-corrected chi connectivity index (χ0v) is 6.72. The van der Waals surface area contributed by atoms with Crippen LogP contribution in [-0.2, 0) is 4.79 Å². The number of carbonyl (C=O) groups excluding carboxylic acids is 1. The number of nitrogens with one attached hydrogen (secondary N) is 1. The fourth-order valence-electron chi connectivity index (χ4n) is 1.19. The summed E-state index contributed by atoms with van der Waals surface area (Å²) in [5.41, 5.74) is 2.79. The summed E-state index contributed by atoms with van der Waals surface area (Å²) in [6.45, 7) is 1.89. The van der Waals surface area contributed by atoms with Crippen LogP contribution in [0.2, 0.25) is 0 Å². The molecular formula is C8H7BN2O. The van der Waals surface area contributed by atoms with Crippen LogP contribution in [-0.4, -0.2) is 23.8 Å². The standard InChI is InChI=1S/C8H7BN2O/c1-4-2-3-5-7(10-4)6(9)8(12)11-5/h2-3,9H,1H3,(H,11,12). The summed E-state index contributed by atoms with van der Waals surface area (Å²) in [6, 6.07) is 3.70. The van der Waals surface area contributed by atoms with Crippen molar-refractivity contribution < 1.29 is 4.79 Å². The molecule has 2 heterocycles. The molecule has 0 aliphatic carbocycles. The van der Waals surface area contributed by atoms with Crippen molar-refractivity contribution in [1.82, 2.24) is 4.98 Å². The molecule has 1 aromatic rings. The molecule has 1 amide bonds. The topological polar surface area (TPSA) is 42.0 Å². The molecule has 0 radical (unpaired) electrons. The van der Waals surface area contributed by atoms with Crippen molar-refractivity contribution in [2.45, 2.75) is 6.92 Å². The summed E-state index contributed by atoms with van der Waals surface area (Å²) >= 11 is 0. The Balaban J connectivity index is 2.63. The van der Waals surface area contributed by atoms with Crippen LogP contribution in [0.1, 0.15) is 11.4 Å². The molecule has 0 saturated heterocycles. The number of nitrogens with zero attached hydrogens (tertiary/aromatic N) is 1. The molecule has 1 N–H and O–H groups in total. The van der Waals surface area contributed by atoms with Gasteiger partial charge < -0.3 is 0 Å². The minimum absolute atomic E-state index is 0.150. The molecule has 3 nitrogen and oxygen atoms in total. The average molecular weight is 158 g/mol. The van der Waals surface area contributed by atoms with E-state index < -0.39 is 0 Å². The van der Waals surface area contributed by atoms with Crippen molar-refractivity contribution in [3.8, 4) is 0 Å². The van der Waals surface area contributed by atoms with E-state index in [-0.39, 0.29) is 5.91 Å². The first-order valence-corrected chi connectivity index (χ1v) is 3.67. The zero-order chi connectivity index (χ0) is 8.72. The number of aryl methyl sites for hydroxylation is 1. The van der Waals surface area contributed by atoms with Crippen LogP contribution < -0.4 is 5.32 Å². The van der Waals surface area contributed by atoms with Gasteiger partial charge in [0.2, 0.25) is 0 Å². The van der Waals surface area contributed by atoms with Crippen LogP contribution in [0.3, 0.4) is 0 Å². The molecule has 2 rings (SSSR count). The Labute approximate surface area is 70.9 Å². The second kappa shape index (κ2) is 2.27. The summed E-state index contributed by atoms with van der Waals surface area (Å²) in [6.07, 6.45) is 0. The first-order valence-electron chi connectivity index (χ1n) is 3.67. The minimum atomic E-state index is -0.150. The Morgan fingerprint density at radius 2 is 2.25 bits per heavy atom. The fraction of sp³-hybridized carbons (Fsp3) is 0.125. The second-order valence-electron chi connectivity index (χ2n) is 2.78. The summed E-state index contributed by atoms with van der Waals surface area (Å²) in [4.78, 5) is 15.3. The Kier molecular flexibility index (Phi) is 1.36. The van der Waals surface area contributed by atoms with Gasteiger partial charge in [-0.05, 0) is 0 Å². The van der Waals surface area contributed by atoms with E-state index >= 15 is 0 Å². The molecule has 58 valence electrons. The van der Waals surface area contributed by atoms with Crippen molar-refractivity contribution >= 4 is 24.5 Å². The van der Waals surface area contributed by atoms with Crippen LogP contribution in [0, 0.1) is 6.92 Å². The number of hydrogen-bond donors (Lipinski definition) is 1. The van der Waals surface area contributed by atoms with Gasteiger partial charge in [0.25, 0.3) is 0 Å². The molecule has 0 bridgehead atoms. The number of rotatable bonds is 0. The molecule has 12 heavy (non-hydrogen) atoms. The van der Waals surface area contributed by atoms with Crippen LogP contribution in [0.5, 0.6) is 0 Å². The third-order valence-corrected chi connectivity index (χ3v) is 1.84. The third kappa shape index (κ3) is 0.880. The first-order chi connectivity index (χ1) is 5.68. The van der Waals surface area contributed by atoms with Crippen molar-refractivity contribution in [1.29, 1.82) is 0 Å². The number of hydrogen-bond acceptors (Lipinski definition) is 2. The zero-order valence-electron chi connectivity index (χ0n) is 6.72. The van der Waals surface area contributed by atoms with Gasteiger partial charge in [-0.15, -0.1) is 0 Å². The monoisotopic (exact) mass is 158 g/mol. The molecule has 1 aliphatic heterocycles. The van der Waals surface area contributed by atoms with Gasteiger partial charge in [-0.2, -0.15) is 0 Å². The Hall–Kier alpha value is -1.45. The van der Waals surface area contributed by atoms with Gasteiger partial charge in [0.1, 0.15) is 0 Å². The van der Waals surface area contributed by atoms with Crippen molar-refractivity contribution in [2.24, 2.45) is 0 Å². The Morgan fingerprint density at radius 3 is 3.00 bits per heavy atom. The van der Waals surface area contributed by atoms with E-state index in [2.05, 4.69) is 17.8 Å². The molecule has 0 unspecified atom stereocenters. The van der Waals surface area contributed by atoms with E-state index in [1.54, 1.807) is 0 Å². The molecular weight excluding hydrogens is 151 g/mol. The van der Waals surface area contributed by atoms with Gasteiger partial charge in [-0.25, -0.2) is 0 Å². The summed E-state index contributed by atoms with van der Waals surface area (Å²) in [5.74, 6) is -0.150. The van der Waals surface area contributed by atoms with Crippen molar-refractivity contribution in [3.63, 3.8) is 0 Å². The van der Waals surface area contributed by atoms with Crippen LogP contribution in [0.25, 0.3) is 0 Å². The van der Waals surface area contributed by atoms with Crippen molar-refractivity contribution in [3.05, 3.63) is 23.5 Å². The number of fused-ring (bicyclic) bond motifs is 1. The van der Waals surface area contributed by atoms with E-state index in [4.69, 9.17) is 0 Å². The molecule has 0 saturated carbocycles. The predicted octanol–water partition coefficient (Wildman–Crippen LogP) is -0.237. The van der Waals surface area contributed by atoms with E-state index in [1.807, 2.05) is 19.1 Å². The number of pyridine rings is 1. The van der Waals surface area contributed by atoms with Crippen LogP contribution >= 0.6 is 0 Å². The molecule has 1 aliphatic rings. The maximum absolute atomic E-state index is 11.1. The van der Waals surface area contributed by atoms with Crippen LogP contribution in [0.15, 0.2) is 12.1 Å². The van der Waals surface area contributed by atoms with Gasteiger partial charge in [0.05, 0.1) is 0 Å². The Bertz CT molecular complexity index is 387. The Morgan fingerprint density at radius 1 is 1.50 bits per heavy atom. The summed E-state index contributed by atoms with van der Waals surface area (Å²) < 4.78 is 0. The number of aromatic nitrogens is 1. The van der Waals surface area contributed by atoms with E-state index in [0.717, 1.165) is 11.4 Å².